The van der Waals surface area contributed by atoms with Crippen molar-refractivity contribution in [2.45, 2.75) is 30.9 Å². The molecule has 1 N–H and O–H groups in total. The first-order valence-corrected chi connectivity index (χ1v) is 7.05. The quantitative estimate of drug-likeness (QED) is 0.855. The molecular formula is C11H17N3OS. The first-order valence-electron chi connectivity index (χ1n) is 6.00. The van der Waals surface area contributed by atoms with Crippen LogP contribution in [0, 0.1) is 5.92 Å². The first kappa shape index (κ1) is 10.6. The highest BCUT2D eigenvalue weighted by atomic mass is 32.2. The first-order chi connectivity index (χ1) is 7.84. The van der Waals surface area contributed by atoms with E-state index in [0.29, 0.717) is 17.1 Å². The van der Waals surface area contributed by atoms with Crippen molar-refractivity contribution in [2.75, 3.05) is 18.8 Å². The van der Waals surface area contributed by atoms with E-state index in [1.54, 1.807) is 0 Å². The summed E-state index contributed by atoms with van der Waals surface area (Å²) >= 11 is 1.95. The minimum atomic E-state index is 0.410. The van der Waals surface area contributed by atoms with E-state index in [1.165, 1.54) is 18.6 Å². The van der Waals surface area contributed by atoms with Crippen LogP contribution in [0.15, 0.2) is 4.52 Å². The third kappa shape index (κ3) is 1.86. The number of aromatic nitrogens is 2. The Morgan fingerprint density at radius 3 is 3.06 bits per heavy atom. The molecule has 3 rings (SSSR count). The average molecular weight is 239 g/mol. The molecule has 0 spiro atoms. The summed E-state index contributed by atoms with van der Waals surface area (Å²) in [6.45, 7) is 4.26. The van der Waals surface area contributed by atoms with Crippen LogP contribution < -0.4 is 5.32 Å². The molecule has 5 heteroatoms. The largest absolute Gasteiger partial charge is 0.339 e. The van der Waals surface area contributed by atoms with Crippen molar-refractivity contribution in [2.24, 2.45) is 5.92 Å². The van der Waals surface area contributed by atoms with Gasteiger partial charge in [-0.3, -0.25) is 0 Å². The van der Waals surface area contributed by atoms with Crippen LogP contribution in [0.4, 0.5) is 0 Å². The van der Waals surface area contributed by atoms with E-state index in [-0.39, 0.29) is 0 Å². The molecule has 1 aromatic rings. The van der Waals surface area contributed by atoms with Gasteiger partial charge in [-0.15, -0.1) is 0 Å². The fourth-order valence-corrected chi connectivity index (χ4v) is 3.65. The van der Waals surface area contributed by atoms with Crippen molar-refractivity contribution >= 4 is 11.8 Å². The molecule has 2 aliphatic rings. The fourth-order valence-electron chi connectivity index (χ4n) is 2.45. The Morgan fingerprint density at radius 2 is 2.38 bits per heavy atom. The van der Waals surface area contributed by atoms with E-state index in [2.05, 4.69) is 22.4 Å². The average Bonchev–Trinajstić information content (AvgIpc) is 2.96. The van der Waals surface area contributed by atoms with Gasteiger partial charge < -0.3 is 9.84 Å². The predicted octanol–water partition coefficient (Wildman–Crippen LogP) is 1.96. The van der Waals surface area contributed by atoms with E-state index in [9.17, 15) is 0 Å². The van der Waals surface area contributed by atoms with Crippen LogP contribution in [0.25, 0.3) is 0 Å². The lowest BCUT2D eigenvalue weighted by Crippen LogP contribution is -2.08. The van der Waals surface area contributed by atoms with Crippen molar-refractivity contribution in [3.63, 3.8) is 0 Å². The molecule has 2 aliphatic heterocycles. The topological polar surface area (TPSA) is 51.0 Å². The van der Waals surface area contributed by atoms with Crippen LogP contribution >= 0.6 is 11.8 Å². The standard InChI is InChI=1S/C11H17N3OS/c1-7-5-12-6-8(7)11-13-10(14-15-11)9-3-2-4-16-9/h7-9,12H,2-6H2,1H3. The summed E-state index contributed by atoms with van der Waals surface area (Å²) < 4.78 is 5.42. The number of hydrogen-bond donors (Lipinski definition) is 1. The van der Waals surface area contributed by atoms with E-state index < -0.39 is 0 Å². The van der Waals surface area contributed by atoms with Gasteiger partial charge in [-0.2, -0.15) is 16.7 Å². The maximum atomic E-state index is 5.42. The summed E-state index contributed by atoms with van der Waals surface area (Å²) in [6.07, 6.45) is 2.47. The molecule has 0 bridgehead atoms. The molecule has 2 saturated heterocycles. The van der Waals surface area contributed by atoms with Gasteiger partial charge in [0.15, 0.2) is 5.82 Å². The van der Waals surface area contributed by atoms with Crippen molar-refractivity contribution in [1.29, 1.82) is 0 Å². The fraction of sp³-hybridized carbons (Fsp3) is 0.818. The molecule has 3 atom stereocenters. The molecule has 4 nitrogen and oxygen atoms in total. The Kier molecular flexibility index (Phi) is 2.90. The zero-order valence-corrected chi connectivity index (χ0v) is 10.3. The van der Waals surface area contributed by atoms with Crippen LogP contribution in [0.5, 0.6) is 0 Å². The maximum Gasteiger partial charge on any atom is 0.231 e. The van der Waals surface area contributed by atoms with Crippen molar-refractivity contribution in [3.8, 4) is 0 Å². The highest BCUT2D eigenvalue weighted by Crippen LogP contribution is 2.39. The molecule has 0 radical (unpaired) electrons. The van der Waals surface area contributed by atoms with Gasteiger partial charge in [-0.1, -0.05) is 12.1 Å². The Bertz CT molecular complexity index is 362. The molecule has 1 aromatic heterocycles. The smallest absolute Gasteiger partial charge is 0.231 e. The molecule has 16 heavy (non-hydrogen) atoms. The third-order valence-corrected chi connectivity index (χ3v) is 4.88. The lowest BCUT2D eigenvalue weighted by atomic mass is 9.98. The summed E-state index contributed by atoms with van der Waals surface area (Å²) in [6, 6.07) is 0. The second kappa shape index (κ2) is 4.37. The van der Waals surface area contributed by atoms with Crippen LogP contribution in [-0.4, -0.2) is 29.0 Å². The number of rotatable bonds is 2. The van der Waals surface area contributed by atoms with E-state index >= 15 is 0 Å². The number of hydrogen-bond acceptors (Lipinski definition) is 5. The minimum absolute atomic E-state index is 0.410. The van der Waals surface area contributed by atoms with Crippen LogP contribution in [0.2, 0.25) is 0 Å². The van der Waals surface area contributed by atoms with Gasteiger partial charge in [0.05, 0.1) is 11.2 Å². The van der Waals surface area contributed by atoms with Crippen molar-refractivity contribution < 1.29 is 4.52 Å². The molecule has 0 saturated carbocycles. The van der Waals surface area contributed by atoms with Gasteiger partial charge in [0.2, 0.25) is 5.89 Å². The highest BCUT2D eigenvalue weighted by Gasteiger charge is 2.31. The van der Waals surface area contributed by atoms with Gasteiger partial charge in [0.1, 0.15) is 0 Å². The zero-order chi connectivity index (χ0) is 11.0. The number of nitrogens with zero attached hydrogens (tertiary/aromatic N) is 2. The van der Waals surface area contributed by atoms with Gasteiger partial charge in [-0.05, 0) is 31.1 Å². The summed E-state index contributed by atoms with van der Waals surface area (Å²) in [5, 5.41) is 7.98. The Labute approximate surface area is 99.6 Å². The monoisotopic (exact) mass is 239 g/mol. The van der Waals surface area contributed by atoms with Gasteiger partial charge in [0.25, 0.3) is 0 Å². The summed E-state index contributed by atoms with van der Waals surface area (Å²) in [7, 11) is 0. The van der Waals surface area contributed by atoms with E-state index in [1.807, 2.05) is 11.8 Å². The lowest BCUT2D eigenvalue weighted by molar-refractivity contribution is 0.336. The molecule has 3 unspecified atom stereocenters. The van der Waals surface area contributed by atoms with Crippen molar-refractivity contribution in [3.05, 3.63) is 11.7 Å². The normalized spacial score (nSPS) is 34.7. The SMILES string of the molecule is CC1CNCC1c1nc(C2CCCS2)no1. The molecular weight excluding hydrogens is 222 g/mol. The maximum absolute atomic E-state index is 5.42. The number of thioether (sulfide) groups is 1. The Hall–Kier alpha value is -0.550. The summed E-state index contributed by atoms with van der Waals surface area (Å²) in [5.74, 6) is 3.99. The van der Waals surface area contributed by atoms with E-state index in [4.69, 9.17) is 4.52 Å². The molecule has 0 aromatic carbocycles. The third-order valence-electron chi connectivity index (χ3n) is 3.51. The van der Waals surface area contributed by atoms with Crippen LogP contribution in [0.1, 0.15) is 42.6 Å². The van der Waals surface area contributed by atoms with Gasteiger partial charge in [0, 0.05) is 6.54 Å². The highest BCUT2D eigenvalue weighted by molar-refractivity contribution is 7.99. The van der Waals surface area contributed by atoms with Crippen molar-refractivity contribution in [1.82, 2.24) is 15.5 Å². The predicted molar refractivity (Wildman–Crippen MR) is 63.5 cm³/mol. The lowest BCUT2D eigenvalue weighted by Gasteiger charge is -2.07. The number of nitrogens with one attached hydrogen (secondary N) is 1. The zero-order valence-electron chi connectivity index (χ0n) is 9.48. The van der Waals surface area contributed by atoms with E-state index in [0.717, 1.165) is 24.8 Å². The second-order valence-electron chi connectivity index (χ2n) is 4.73. The van der Waals surface area contributed by atoms with Crippen LogP contribution in [0.3, 0.4) is 0 Å². The molecule has 2 fully saturated rings. The molecule has 3 heterocycles. The summed E-state index contributed by atoms with van der Waals surface area (Å²) in [4.78, 5) is 4.59. The van der Waals surface area contributed by atoms with Gasteiger partial charge >= 0.3 is 0 Å². The second-order valence-corrected chi connectivity index (χ2v) is 6.05. The molecule has 88 valence electrons. The Morgan fingerprint density at radius 1 is 1.44 bits per heavy atom. The summed E-state index contributed by atoms with van der Waals surface area (Å²) in [5.41, 5.74) is 0. The van der Waals surface area contributed by atoms with Gasteiger partial charge in [-0.25, -0.2) is 0 Å². The minimum Gasteiger partial charge on any atom is -0.339 e. The molecule has 0 amide bonds. The Balaban J connectivity index is 1.76. The van der Waals surface area contributed by atoms with Crippen LogP contribution in [-0.2, 0) is 0 Å². The molecule has 0 aliphatic carbocycles.